The monoisotopic (exact) mass is 333 g/mol. The molecule has 0 bridgehead atoms. The lowest BCUT2D eigenvalue weighted by atomic mass is 10.2. The lowest BCUT2D eigenvalue weighted by molar-refractivity contribution is 0.601. The predicted octanol–water partition coefficient (Wildman–Crippen LogP) is 2.78. The average Bonchev–Trinajstić information content (AvgIpc) is 2.46. The molecule has 7 heteroatoms. The van der Waals surface area contributed by atoms with Crippen LogP contribution in [0, 0.1) is 6.07 Å². The number of nitrogens with one attached hydrogen (secondary N) is 2. The van der Waals surface area contributed by atoms with Gasteiger partial charge in [-0.1, -0.05) is 29.8 Å². The number of para-hydroxylation sites is 1. The maximum absolute atomic E-state index is 12.5. The van der Waals surface area contributed by atoms with Crippen molar-refractivity contribution in [1.82, 2.24) is 4.98 Å². The van der Waals surface area contributed by atoms with E-state index in [-0.39, 0.29) is 9.92 Å². The molecule has 0 amide bonds. The van der Waals surface area contributed by atoms with E-state index in [1.807, 2.05) is 0 Å². The molecule has 0 aliphatic rings. The SMILES string of the molecule is O=c1[c]cc2cc(S(=O)(=O)Nc3ccccc3)c(Cl)cc2[nH]1. The Balaban J connectivity index is 2.10. The van der Waals surface area contributed by atoms with Crippen molar-refractivity contribution in [2.24, 2.45) is 0 Å². The van der Waals surface area contributed by atoms with Crippen molar-refractivity contribution >= 4 is 38.2 Å². The summed E-state index contributed by atoms with van der Waals surface area (Å²) in [6.45, 7) is 0. The Labute approximate surface area is 131 Å². The third kappa shape index (κ3) is 2.84. The minimum absolute atomic E-state index is 0.0257. The van der Waals surface area contributed by atoms with E-state index in [2.05, 4.69) is 15.8 Å². The zero-order valence-electron chi connectivity index (χ0n) is 11.1. The fourth-order valence-corrected chi connectivity index (χ4v) is 3.64. The third-order valence-corrected chi connectivity index (χ3v) is 4.87. The Hall–Kier alpha value is -2.31. The van der Waals surface area contributed by atoms with E-state index in [0.717, 1.165) is 0 Å². The minimum atomic E-state index is -3.83. The summed E-state index contributed by atoms with van der Waals surface area (Å²) >= 11 is 6.05. The number of aromatic nitrogens is 1. The van der Waals surface area contributed by atoms with Gasteiger partial charge >= 0.3 is 0 Å². The third-order valence-electron chi connectivity index (χ3n) is 3.03. The summed E-state index contributed by atoms with van der Waals surface area (Å²) in [5, 5.41) is 0.551. The van der Waals surface area contributed by atoms with Gasteiger partial charge < -0.3 is 4.98 Å². The first-order valence-corrected chi connectivity index (χ1v) is 8.14. The first-order valence-electron chi connectivity index (χ1n) is 6.28. The van der Waals surface area contributed by atoms with Crippen molar-refractivity contribution < 1.29 is 8.42 Å². The Morgan fingerprint density at radius 3 is 2.59 bits per heavy atom. The topological polar surface area (TPSA) is 79.0 Å². The van der Waals surface area contributed by atoms with Crippen LogP contribution < -0.4 is 10.3 Å². The Morgan fingerprint density at radius 2 is 1.86 bits per heavy atom. The van der Waals surface area contributed by atoms with Crippen molar-refractivity contribution in [3.63, 3.8) is 0 Å². The molecule has 2 N–H and O–H groups in total. The number of aromatic amines is 1. The number of benzene rings is 2. The van der Waals surface area contributed by atoms with Crippen LogP contribution in [0.4, 0.5) is 5.69 Å². The zero-order valence-corrected chi connectivity index (χ0v) is 12.7. The van der Waals surface area contributed by atoms with Gasteiger partial charge in [0.15, 0.2) is 0 Å². The van der Waals surface area contributed by atoms with E-state index in [0.29, 0.717) is 16.6 Å². The van der Waals surface area contributed by atoms with Crippen LogP contribution in [0.15, 0.2) is 58.2 Å². The molecule has 0 saturated heterocycles. The van der Waals surface area contributed by atoms with Crippen molar-refractivity contribution in [2.75, 3.05) is 4.72 Å². The van der Waals surface area contributed by atoms with Gasteiger partial charge in [-0.25, -0.2) is 8.42 Å². The lowest BCUT2D eigenvalue weighted by Gasteiger charge is -2.10. The van der Waals surface area contributed by atoms with Crippen LogP contribution in [0.2, 0.25) is 5.02 Å². The molecule has 0 spiro atoms. The van der Waals surface area contributed by atoms with Gasteiger partial charge in [-0.3, -0.25) is 9.52 Å². The second kappa shape index (κ2) is 5.47. The van der Waals surface area contributed by atoms with E-state index < -0.39 is 15.6 Å². The summed E-state index contributed by atoms with van der Waals surface area (Å²) in [4.78, 5) is 13.7. The summed E-state index contributed by atoms with van der Waals surface area (Å²) in [6, 6.07) is 15.2. The van der Waals surface area contributed by atoms with Crippen molar-refractivity contribution in [2.45, 2.75) is 4.90 Å². The smallest absolute Gasteiger partial charge is 0.263 e. The fraction of sp³-hybridized carbons (Fsp3) is 0. The number of hydrogen-bond acceptors (Lipinski definition) is 3. The van der Waals surface area contributed by atoms with Gasteiger partial charge in [0.05, 0.1) is 11.1 Å². The number of H-pyrrole nitrogens is 1. The molecule has 0 fully saturated rings. The normalized spacial score (nSPS) is 11.5. The summed E-state index contributed by atoms with van der Waals surface area (Å²) in [5.74, 6) is 0. The van der Waals surface area contributed by atoms with Crippen LogP contribution in [0.25, 0.3) is 10.9 Å². The van der Waals surface area contributed by atoms with E-state index in [1.165, 1.54) is 18.2 Å². The zero-order chi connectivity index (χ0) is 15.7. The highest BCUT2D eigenvalue weighted by Gasteiger charge is 2.19. The van der Waals surface area contributed by atoms with Crippen LogP contribution in [0.3, 0.4) is 0 Å². The van der Waals surface area contributed by atoms with Crippen molar-refractivity contribution in [3.05, 3.63) is 70.0 Å². The van der Waals surface area contributed by atoms with Gasteiger partial charge in [-0.2, -0.15) is 0 Å². The molecule has 0 saturated carbocycles. The summed E-state index contributed by atoms with van der Waals surface area (Å²) in [5.41, 5.74) is 0.487. The van der Waals surface area contributed by atoms with Crippen LogP contribution in [0.5, 0.6) is 0 Å². The van der Waals surface area contributed by atoms with E-state index in [4.69, 9.17) is 11.6 Å². The maximum atomic E-state index is 12.5. The van der Waals surface area contributed by atoms with Gasteiger partial charge in [0, 0.05) is 16.6 Å². The first-order chi connectivity index (χ1) is 10.5. The Kier molecular flexibility index (Phi) is 3.64. The molecule has 3 rings (SSSR count). The molecule has 0 unspecified atom stereocenters. The maximum Gasteiger partial charge on any atom is 0.263 e. The molecule has 0 atom stereocenters. The van der Waals surface area contributed by atoms with Crippen molar-refractivity contribution in [3.8, 4) is 0 Å². The predicted molar refractivity (Wildman–Crippen MR) is 85.7 cm³/mol. The number of anilines is 1. The largest absolute Gasteiger partial charge is 0.321 e. The number of rotatable bonds is 3. The Morgan fingerprint density at radius 1 is 1.14 bits per heavy atom. The van der Waals surface area contributed by atoms with E-state index in [1.54, 1.807) is 30.3 Å². The van der Waals surface area contributed by atoms with Crippen LogP contribution in [0.1, 0.15) is 0 Å². The van der Waals surface area contributed by atoms with Crippen molar-refractivity contribution in [1.29, 1.82) is 0 Å². The second-order valence-electron chi connectivity index (χ2n) is 4.58. The molecule has 1 aromatic heterocycles. The minimum Gasteiger partial charge on any atom is -0.321 e. The molecule has 5 nitrogen and oxygen atoms in total. The number of pyridine rings is 1. The van der Waals surface area contributed by atoms with Crippen LogP contribution >= 0.6 is 11.6 Å². The highest BCUT2D eigenvalue weighted by Crippen LogP contribution is 2.27. The molecular formula is C15H10ClN2O3S. The number of halogens is 1. The van der Waals surface area contributed by atoms with Gasteiger partial charge in [0.2, 0.25) is 0 Å². The van der Waals surface area contributed by atoms with Gasteiger partial charge in [-0.05, 0) is 30.3 Å². The lowest BCUT2D eigenvalue weighted by Crippen LogP contribution is -2.13. The highest BCUT2D eigenvalue weighted by atomic mass is 35.5. The first kappa shape index (κ1) is 14.6. The molecule has 1 radical (unpaired) electrons. The Bertz CT molecular complexity index is 998. The summed E-state index contributed by atoms with van der Waals surface area (Å²) < 4.78 is 27.4. The molecule has 22 heavy (non-hydrogen) atoms. The molecule has 1 heterocycles. The number of hydrogen-bond donors (Lipinski definition) is 2. The fourth-order valence-electron chi connectivity index (χ4n) is 2.02. The van der Waals surface area contributed by atoms with E-state index in [9.17, 15) is 13.2 Å². The number of sulfonamides is 1. The molecular weight excluding hydrogens is 324 g/mol. The summed E-state index contributed by atoms with van der Waals surface area (Å²) in [6.07, 6.45) is 0. The molecule has 0 aliphatic carbocycles. The van der Waals surface area contributed by atoms with E-state index >= 15 is 0 Å². The summed E-state index contributed by atoms with van der Waals surface area (Å²) in [7, 11) is -3.83. The standard InChI is InChI=1S/C15H10ClN2O3S/c16-12-9-13-10(6-7-15(19)17-13)8-14(12)22(20,21)18-11-4-2-1-3-5-11/h1-6,8-9,18H,(H,17,19). The molecule has 0 aliphatic heterocycles. The molecule has 2 aromatic carbocycles. The second-order valence-corrected chi connectivity index (χ2v) is 6.64. The van der Waals surface area contributed by atoms with Gasteiger partial charge in [0.25, 0.3) is 15.6 Å². The van der Waals surface area contributed by atoms with Crippen LogP contribution in [-0.2, 0) is 10.0 Å². The molecule has 3 aromatic rings. The van der Waals surface area contributed by atoms with Crippen LogP contribution in [-0.4, -0.2) is 13.4 Å². The number of fused-ring (bicyclic) bond motifs is 1. The molecule has 111 valence electrons. The average molecular weight is 334 g/mol. The van der Waals surface area contributed by atoms with Gasteiger partial charge in [-0.15, -0.1) is 0 Å². The van der Waals surface area contributed by atoms with Gasteiger partial charge in [0.1, 0.15) is 4.90 Å². The quantitative estimate of drug-likeness (QED) is 0.773. The highest BCUT2D eigenvalue weighted by molar-refractivity contribution is 7.92.